The number of nitrogens with one attached hydrogen (secondary N) is 1. The van der Waals surface area contributed by atoms with Gasteiger partial charge in [0, 0.05) is 16.3 Å². The number of fused-ring (bicyclic) bond motifs is 1. The Labute approximate surface area is 218 Å². The van der Waals surface area contributed by atoms with Crippen LogP contribution < -0.4 is 23.8 Å². The van der Waals surface area contributed by atoms with E-state index >= 15 is 0 Å². The van der Waals surface area contributed by atoms with Crippen molar-refractivity contribution in [2.24, 2.45) is 0 Å². The number of halogens is 1. The molecule has 0 radical (unpaired) electrons. The van der Waals surface area contributed by atoms with Gasteiger partial charge in [-0.2, -0.15) is 0 Å². The first-order valence-corrected chi connectivity index (χ1v) is 12.8. The molecule has 0 atom stereocenters. The predicted octanol–water partition coefficient (Wildman–Crippen LogP) is 4.33. The summed E-state index contributed by atoms with van der Waals surface area (Å²) < 4.78 is 49.3. The van der Waals surface area contributed by atoms with Crippen molar-refractivity contribution in [3.8, 4) is 17.2 Å². The summed E-state index contributed by atoms with van der Waals surface area (Å²) >= 11 is 6.05. The van der Waals surface area contributed by atoms with Gasteiger partial charge in [0.05, 0.1) is 26.4 Å². The molecule has 3 aromatic rings. The summed E-state index contributed by atoms with van der Waals surface area (Å²) in [5.41, 5.74) is 0.994. The second kappa shape index (κ2) is 10.6. The molecule has 3 aromatic carbocycles. The van der Waals surface area contributed by atoms with Crippen LogP contribution in [0.3, 0.4) is 0 Å². The van der Waals surface area contributed by atoms with E-state index in [2.05, 4.69) is 5.32 Å². The lowest BCUT2D eigenvalue weighted by molar-refractivity contribution is 0.0526. The number of hydrogen-bond acceptors (Lipinski definition) is 8. The predicted molar refractivity (Wildman–Crippen MR) is 137 cm³/mol. The van der Waals surface area contributed by atoms with Crippen LogP contribution in [-0.2, 0) is 14.8 Å². The second-order valence-corrected chi connectivity index (χ2v) is 9.97. The third-order valence-electron chi connectivity index (χ3n) is 5.46. The Kier molecular flexibility index (Phi) is 7.46. The molecule has 0 saturated heterocycles. The molecule has 1 N–H and O–H groups in total. The van der Waals surface area contributed by atoms with Crippen molar-refractivity contribution in [1.82, 2.24) is 0 Å². The first kappa shape index (κ1) is 26.1. The van der Waals surface area contributed by atoms with Gasteiger partial charge in [0.15, 0.2) is 18.2 Å². The highest BCUT2D eigenvalue weighted by Gasteiger charge is 2.37. The average Bonchev–Trinajstić information content (AvgIpc) is 3.33. The summed E-state index contributed by atoms with van der Waals surface area (Å²) in [6.07, 6.45) is 0. The number of ether oxygens (including phenoxy) is 4. The number of carbonyl (C=O) groups excluding carboxylic acids is 2. The van der Waals surface area contributed by atoms with Crippen molar-refractivity contribution in [3.05, 3.63) is 70.7 Å². The minimum absolute atomic E-state index is 0.102. The minimum atomic E-state index is -4.19. The van der Waals surface area contributed by atoms with E-state index < -0.39 is 21.9 Å². The molecule has 37 heavy (non-hydrogen) atoms. The van der Waals surface area contributed by atoms with Crippen LogP contribution in [0.5, 0.6) is 17.2 Å². The molecule has 1 amide bonds. The molecule has 10 nitrogen and oxygen atoms in total. The van der Waals surface area contributed by atoms with Crippen LogP contribution in [0.25, 0.3) is 0 Å². The van der Waals surface area contributed by atoms with Gasteiger partial charge < -0.3 is 24.3 Å². The number of carbonyl (C=O) groups is 2. The van der Waals surface area contributed by atoms with Crippen LogP contribution in [-0.4, -0.2) is 47.9 Å². The van der Waals surface area contributed by atoms with Crippen molar-refractivity contribution >= 4 is 44.9 Å². The first-order valence-electron chi connectivity index (χ1n) is 11.0. The van der Waals surface area contributed by atoms with Gasteiger partial charge in [-0.1, -0.05) is 11.6 Å². The van der Waals surface area contributed by atoms with E-state index in [0.29, 0.717) is 11.3 Å². The van der Waals surface area contributed by atoms with Gasteiger partial charge in [-0.05, 0) is 61.5 Å². The van der Waals surface area contributed by atoms with Crippen LogP contribution >= 0.6 is 11.6 Å². The van der Waals surface area contributed by atoms with E-state index in [1.165, 1.54) is 56.7 Å². The molecule has 4 rings (SSSR count). The molecule has 12 heteroatoms. The topological polar surface area (TPSA) is 120 Å². The molecule has 0 bridgehead atoms. The number of sulfonamides is 1. The lowest BCUT2D eigenvalue weighted by Gasteiger charge is -2.19. The summed E-state index contributed by atoms with van der Waals surface area (Å²) in [5, 5.41) is 2.92. The molecule has 0 spiro atoms. The van der Waals surface area contributed by atoms with Crippen LogP contribution in [0.15, 0.2) is 59.5 Å². The van der Waals surface area contributed by atoms with Crippen molar-refractivity contribution in [2.45, 2.75) is 11.8 Å². The Morgan fingerprint density at radius 1 is 1.00 bits per heavy atom. The summed E-state index contributed by atoms with van der Waals surface area (Å²) in [7, 11) is -1.46. The number of amides is 1. The summed E-state index contributed by atoms with van der Waals surface area (Å²) in [6, 6.07) is 13.2. The standard InChI is InChI=1S/C25H23ClN2O8S/c1-4-35-25(30)15-5-8-18(9-6-15)27-24(29)16-11-19-23(21(12-16)34-3)36-14-28(19)37(31,32)22-13-17(26)7-10-20(22)33-2/h5-13H,4,14H2,1-3H3,(H,27,29). The van der Waals surface area contributed by atoms with E-state index in [0.717, 1.165) is 4.31 Å². The van der Waals surface area contributed by atoms with E-state index in [4.69, 9.17) is 30.5 Å². The molecule has 1 aliphatic heterocycles. The van der Waals surface area contributed by atoms with Gasteiger partial charge >= 0.3 is 5.97 Å². The fourth-order valence-corrected chi connectivity index (χ4v) is 5.41. The van der Waals surface area contributed by atoms with Gasteiger partial charge in [0.2, 0.25) is 0 Å². The largest absolute Gasteiger partial charge is 0.495 e. The first-order chi connectivity index (χ1) is 17.7. The molecule has 0 aliphatic carbocycles. The highest BCUT2D eigenvalue weighted by atomic mass is 35.5. The quantitative estimate of drug-likeness (QED) is 0.414. The lowest BCUT2D eigenvalue weighted by atomic mass is 10.1. The summed E-state index contributed by atoms with van der Waals surface area (Å²) in [4.78, 5) is 24.8. The Morgan fingerprint density at radius 2 is 1.70 bits per heavy atom. The Balaban J connectivity index is 1.66. The zero-order valence-corrected chi connectivity index (χ0v) is 21.7. The molecule has 0 saturated carbocycles. The third-order valence-corrected chi connectivity index (χ3v) is 7.45. The number of benzene rings is 3. The van der Waals surface area contributed by atoms with Gasteiger partial charge in [0.25, 0.3) is 15.9 Å². The fourth-order valence-electron chi connectivity index (χ4n) is 3.67. The van der Waals surface area contributed by atoms with Crippen LogP contribution in [0.4, 0.5) is 11.4 Å². The number of hydrogen-bond donors (Lipinski definition) is 1. The highest BCUT2D eigenvalue weighted by Crippen LogP contribution is 2.46. The maximum Gasteiger partial charge on any atom is 0.338 e. The minimum Gasteiger partial charge on any atom is -0.495 e. The van der Waals surface area contributed by atoms with E-state index in [9.17, 15) is 18.0 Å². The van der Waals surface area contributed by atoms with Gasteiger partial charge in [-0.3, -0.25) is 4.79 Å². The molecule has 1 heterocycles. The molecule has 0 aromatic heterocycles. The fraction of sp³-hybridized carbons (Fsp3) is 0.200. The summed E-state index contributed by atoms with van der Waals surface area (Å²) in [6.45, 7) is 1.61. The molecule has 194 valence electrons. The zero-order valence-electron chi connectivity index (χ0n) is 20.1. The molecule has 1 aliphatic rings. The Hall–Kier alpha value is -3.96. The highest BCUT2D eigenvalue weighted by molar-refractivity contribution is 7.93. The number of rotatable bonds is 8. The normalized spacial score (nSPS) is 12.4. The SMILES string of the molecule is CCOC(=O)c1ccc(NC(=O)c2cc(OC)c3c(c2)N(S(=O)(=O)c2cc(Cl)ccc2OC)CO3)cc1. The van der Waals surface area contributed by atoms with Crippen LogP contribution in [0.1, 0.15) is 27.6 Å². The molecule has 0 unspecified atom stereocenters. The molecular formula is C25H23ClN2O8S. The van der Waals surface area contributed by atoms with Gasteiger partial charge in [0.1, 0.15) is 16.3 Å². The number of anilines is 2. The average molecular weight is 547 g/mol. The lowest BCUT2D eigenvalue weighted by Crippen LogP contribution is -2.30. The maximum absolute atomic E-state index is 13.6. The zero-order chi connectivity index (χ0) is 26.7. The molecular weight excluding hydrogens is 524 g/mol. The van der Waals surface area contributed by atoms with Crippen molar-refractivity contribution in [1.29, 1.82) is 0 Å². The van der Waals surface area contributed by atoms with Crippen LogP contribution in [0.2, 0.25) is 5.02 Å². The maximum atomic E-state index is 13.6. The Bertz CT molecular complexity index is 1460. The Morgan fingerprint density at radius 3 is 2.35 bits per heavy atom. The van der Waals surface area contributed by atoms with E-state index in [1.807, 2.05) is 0 Å². The summed E-state index contributed by atoms with van der Waals surface area (Å²) in [5.74, 6) is -0.556. The van der Waals surface area contributed by atoms with Crippen molar-refractivity contribution in [3.63, 3.8) is 0 Å². The van der Waals surface area contributed by atoms with E-state index in [-0.39, 0.29) is 51.8 Å². The number of nitrogens with zero attached hydrogens (tertiary/aromatic N) is 1. The number of esters is 1. The van der Waals surface area contributed by atoms with Crippen molar-refractivity contribution < 1.29 is 37.0 Å². The van der Waals surface area contributed by atoms with Crippen molar-refractivity contribution in [2.75, 3.05) is 37.2 Å². The molecule has 0 fully saturated rings. The van der Waals surface area contributed by atoms with Gasteiger partial charge in [-0.25, -0.2) is 17.5 Å². The van der Waals surface area contributed by atoms with Gasteiger partial charge in [-0.15, -0.1) is 0 Å². The smallest absolute Gasteiger partial charge is 0.338 e. The van der Waals surface area contributed by atoms with E-state index in [1.54, 1.807) is 19.1 Å². The van der Waals surface area contributed by atoms with Crippen LogP contribution in [0, 0.1) is 0 Å². The second-order valence-electron chi connectivity index (χ2n) is 7.70. The third kappa shape index (κ3) is 5.13. The monoisotopic (exact) mass is 546 g/mol. The number of methoxy groups -OCH3 is 2.